The molecular formula is C6H12N2O. The summed E-state index contributed by atoms with van der Waals surface area (Å²) in [6, 6.07) is 0. The quantitative estimate of drug-likeness (QED) is 0.455. The predicted octanol–water partition coefficient (Wildman–Crippen LogP) is -0.658. The Bertz CT molecular complexity index is 114. The molecule has 3 heteroatoms. The molecule has 1 amide bonds. The number of carbonyl (C=O) groups excluding carboxylic acids is 1. The van der Waals surface area contributed by atoms with Crippen LogP contribution in [0.2, 0.25) is 0 Å². The molecule has 3 nitrogen and oxygen atoms in total. The molecule has 52 valence electrons. The van der Waals surface area contributed by atoms with Gasteiger partial charge in [-0.2, -0.15) is 0 Å². The van der Waals surface area contributed by atoms with Crippen molar-refractivity contribution in [2.24, 2.45) is 5.92 Å². The first kappa shape index (κ1) is 6.55. The van der Waals surface area contributed by atoms with Crippen LogP contribution in [0, 0.1) is 5.92 Å². The molecule has 1 heterocycles. The first-order chi connectivity index (χ1) is 4.29. The summed E-state index contributed by atoms with van der Waals surface area (Å²) >= 11 is 0. The summed E-state index contributed by atoms with van der Waals surface area (Å²) in [7, 11) is 0. The topological polar surface area (TPSA) is 41.1 Å². The van der Waals surface area contributed by atoms with Crippen LogP contribution in [0.1, 0.15) is 6.92 Å². The average molecular weight is 128 g/mol. The van der Waals surface area contributed by atoms with E-state index in [9.17, 15) is 4.79 Å². The average Bonchev–Trinajstić information content (AvgIpc) is 1.97. The lowest BCUT2D eigenvalue weighted by atomic mass is 10.2. The minimum absolute atomic E-state index is 0.111. The van der Waals surface area contributed by atoms with Crippen molar-refractivity contribution in [3.8, 4) is 0 Å². The zero-order valence-electron chi connectivity index (χ0n) is 5.61. The summed E-state index contributed by atoms with van der Waals surface area (Å²) in [5.74, 6) is 0.677. The van der Waals surface area contributed by atoms with E-state index in [1.165, 1.54) is 0 Å². The van der Waals surface area contributed by atoms with Crippen LogP contribution >= 0.6 is 0 Å². The van der Waals surface area contributed by atoms with Gasteiger partial charge in [0.25, 0.3) is 0 Å². The zero-order valence-corrected chi connectivity index (χ0v) is 5.61. The fraction of sp³-hybridized carbons (Fsp3) is 0.833. The molecule has 0 saturated carbocycles. The van der Waals surface area contributed by atoms with Crippen molar-refractivity contribution in [2.75, 3.05) is 19.6 Å². The standard InChI is InChI=1S/C6H12N2O/c1-5-2-7-4-6(9)8-3-5/h5,7H,2-4H2,1H3,(H,8,9)/t5-/m1/s1. The number of hydrogen-bond acceptors (Lipinski definition) is 2. The number of amides is 1. The highest BCUT2D eigenvalue weighted by Crippen LogP contribution is 1.91. The van der Waals surface area contributed by atoms with Gasteiger partial charge in [-0.3, -0.25) is 4.79 Å². The van der Waals surface area contributed by atoms with Crippen molar-refractivity contribution in [3.05, 3.63) is 0 Å². The molecule has 0 aromatic heterocycles. The van der Waals surface area contributed by atoms with Gasteiger partial charge in [-0.05, 0) is 12.5 Å². The smallest absolute Gasteiger partial charge is 0.233 e. The van der Waals surface area contributed by atoms with Crippen molar-refractivity contribution in [2.45, 2.75) is 6.92 Å². The molecule has 1 rings (SSSR count). The molecule has 2 N–H and O–H groups in total. The third-order valence-corrected chi connectivity index (χ3v) is 1.43. The Hall–Kier alpha value is -0.570. The Balaban J connectivity index is 2.34. The van der Waals surface area contributed by atoms with Crippen LogP contribution < -0.4 is 10.6 Å². The molecule has 9 heavy (non-hydrogen) atoms. The molecule has 0 aliphatic carbocycles. The van der Waals surface area contributed by atoms with Crippen molar-refractivity contribution < 1.29 is 4.79 Å². The highest BCUT2D eigenvalue weighted by atomic mass is 16.1. The first-order valence-corrected chi connectivity index (χ1v) is 3.26. The molecule has 1 atom stereocenters. The van der Waals surface area contributed by atoms with Crippen LogP contribution in [0.3, 0.4) is 0 Å². The second kappa shape index (κ2) is 2.82. The molecule has 0 radical (unpaired) electrons. The fourth-order valence-corrected chi connectivity index (χ4v) is 0.855. The van der Waals surface area contributed by atoms with Gasteiger partial charge >= 0.3 is 0 Å². The zero-order chi connectivity index (χ0) is 6.69. The Labute approximate surface area is 54.8 Å². The maximum Gasteiger partial charge on any atom is 0.233 e. The van der Waals surface area contributed by atoms with E-state index in [0.29, 0.717) is 12.5 Å². The number of carbonyl (C=O) groups is 1. The van der Waals surface area contributed by atoms with Crippen molar-refractivity contribution in [3.63, 3.8) is 0 Å². The summed E-state index contributed by atoms with van der Waals surface area (Å²) in [6.45, 7) is 4.34. The van der Waals surface area contributed by atoms with E-state index < -0.39 is 0 Å². The molecule has 0 unspecified atom stereocenters. The first-order valence-electron chi connectivity index (χ1n) is 3.26. The van der Waals surface area contributed by atoms with Gasteiger partial charge in [-0.1, -0.05) is 6.92 Å². The van der Waals surface area contributed by atoms with Gasteiger partial charge in [0.05, 0.1) is 6.54 Å². The fourth-order valence-electron chi connectivity index (χ4n) is 0.855. The second-order valence-electron chi connectivity index (χ2n) is 2.54. The minimum Gasteiger partial charge on any atom is -0.355 e. The lowest BCUT2D eigenvalue weighted by Gasteiger charge is -2.04. The van der Waals surface area contributed by atoms with Crippen molar-refractivity contribution >= 4 is 5.91 Å². The van der Waals surface area contributed by atoms with Gasteiger partial charge in [-0.25, -0.2) is 0 Å². The summed E-state index contributed by atoms with van der Waals surface area (Å²) in [6.07, 6.45) is 0. The van der Waals surface area contributed by atoms with E-state index in [0.717, 1.165) is 13.1 Å². The highest BCUT2D eigenvalue weighted by Gasteiger charge is 2.09. The molecule has 0 aromatic carbocycles. The van der Waals surface area contributed by atoms with Crippen LogP contribution in [0.15, 0.2) is 0 Å². The van der Waals surface area contributed by atoms with Gasteiger partial charge in [0.2, 0.25) is 5.91 Å². The molecule has 0 spiro atoms. The predicted molar refractivity (Wildman–Crippen MR) is 35.0 cm³/mol. The van der Waals surface area contributed by atoms with Crippen LogP contribution in [-0.4, -0.2) is 25.5 Å². The van der Waals surface area contributed by atoms with E-state index in [-0.39, 0.29) is 5.91 Å². The van der Waals surface area contributed by atoms with E-state index >= 15 is 0 Å². The summed E-state index contributed by atoms with van der Waals surface area (Å²) < 4.78 is 0. The Morgan fingerprint density at radius 3 is 3.11 bits per heavy atom. The SMILES string of the molecule is C[C@@H]1CNCC(=O)NC1. The van der Waals surface area contributed by atoms with Crippen molar-refractivity contribution in [1.29, 1.82) is 0 Å². The van der Waals surface area contributed by atoms with Gasteiger partial charge in [-0.15, -0.1) is 0 Å². The number of nitrogens with one attached hydrogen (secondary N) is 2. The number of hydrogen-bond donors (Lipinski definition) is 2. The van der Waals surface area contributed by atoms with E-state index in [1.54, 1.807) is 0 Å². The van der Waals surface area contributed by atoms with Crippen LogP contribution in [0.25, 0.3) is 0 Å². The van der Waals surface area contributed by atoms with Crippen LogP contribution in [0.5, 0.6) is 0 Å². The molecule has 1 fully saturated rings. The van der Waals surface area contributed by atoms with Gasteiger partial charge in [0.15, 0.2) is 0 Å². The normalized spacial score (nSPS) is 29.0. The van der Waals surface area contributed by atoms with Gasteiger partial charge in [0.1, 0.15) is 0 Å². The van der Waals surface area contributed by atoms with Gasteiger partial charge in [0, 0.05) is 6.54 Å². The maximum absolute atomic E-state index is 10.7. The molecule has 1 saturated heterocycles. The molecular weight excluding hydrogens is 116 g/mol. The highest BCUT2D eigenvalue weighted by molar-refractivity contribution is 5.78. The number of rotatable bonds is 0. The van der Waals surface area contributed by atoms with Crippen LogP contribution in [0.4, 0.5) is 0 Å². The Morgan fingerprint density at radius 1 is 1.56 bits per heavy atom. The monoisotopic (exact) mass is 128 g/mol. The summed E-state index contributed by atoms with van der Waals surface area (Å²) in [5, 5.41) is 5.83. The molecule has 1 aliphatic rings. The molecule has 1 aliphatic heterocycles. The van der Waals surface area contributed by atoms with Crippen LogP contribution in [-0.2, 0) is 4.79 Å². The Kier molecular flexibility index (Phi) is 2.05. The maximum atomic E-state index is 10.7. The van der Waals surface area contributed by atoms with E-state index in [4.69, 9.17) is 0 Å². The second-order valence-corrected chi connectivity index (χ2v) is 2.54. The summed E-state index contributed by atoms with van der Waals surface area (Å²) in [4.78, 5) is 10.7. The third-order valence-electron chi connectivity index (χ3n) is 1.43. The Morgan fingerprint density at radius 2 is 2.33 bits per heavy atom. The lowest BCUT2D eigenvalue weighted by Crippen LogP contribution is -2.29. The molecule has 0 aromatic rings. The molecule has 0 bridgehead atoms. The van der Waals surface area contributed by atoms with Gasteiger partial charge < -0.3 is 10.6 Å². The third kappa shape index (κ3) is 2.01. The lowest BCUT2D eigenvalue weighted by molar-refractivity contribution is -0.119. The van der Waals surface area contributed by atoms with Crippen molar-refractivity contribution in [1.82, 2.24) is 10.6 Å². The minimum atomic E-state index is 0.111. The van der Waals surface area contributed by atoms with E-state index in [2.05, 4.69) is 17.6 Å². The largest absolute Gasteiger partial charge is 0.355 e. The van der Waals surface area contributed by atoms with E-state index in [1.807, 2.05) is 0 Å². The summed E-state index contributed by atoms with van der Waals surface area (Å²) in [5.41, 5.74) is 0.